The summed E-state index contributed by atoms with van der Waals surface area (Å²) < 4.78 is 5.32. The van der Waals surface area contributed by atoms with E-state index in [4.69, 9.17) is 4.42 Å². The number of H-pyrrole nitrogens is 1. The van der Waals surface area contributed by atoms with Crippen LogP contribution >= 0.6 is 0 Å². The molecule has 0 saturated carbocycles. The Bertz CT molecular complexity index is 609. The van der Waals surface area contributed by atoms with Crippen LogP contribution in [0.3, 0.4) is 0 Å². The van der Waals surface area contributed by atoms with Crippen LogP contribution in [0.4, 0.5) is 0 Å². The number of aromatic amines is 1. The first kappa shape index (κ1) is 12.0. The van der Waals surface area contributed by atoms with Crippen molar-refractivity contribution in [3.8, 4) is 0 Å². The summed E-state index contributed by atoms with van der Waals surface area (Å²) in [6.45, 7) is 3.77. The van der Waals surface area contributed by atoms with Gasteiger partial charge in [0.2, 0.25) is 0 Å². The molecule has 0 bridgehead atoms. The first-order chi connectivity index (χ1) is 8.56. The summed E-state index contributed by atoms with van der Waals surface area (Å²) in [7, 11) is 0. The average Bonchev–Trinajstić information content (AvgIpc) is 2.66. The Kier molecular flexibility index (Phi) is 3.22. The predicted molar refractivity (Wildman–Crippen MR) is 62.0 cm³/mol. The number of rotatable bonds is 3. The summed E-state index contributed by atoms with van der Waals surface area (Å²) in [5.41, 5.74) is 0.527. The fourth-order valence-electron chi connectivity index (χ4n) is 1.46. The largest absolute Gasteiger partial charge is 0.444 e. The van der Waals surface area contributed by atoms with Gasteiger partial charge in [0.05, 0.1) is 12.2 Å². The van der Waals surface area contributed by atoms with E-state index in [-0.39, 0.29) is 23.7 Å². The number of hydrogen-bond acceptors (Lipinski definition) is 5. The zero-order valence-electron chi connectivity index (χ0n) is 9.98. The van der Waals surface area contributed by atoms with E-state index in [1.165, 1.54) is 12.1 Å². The number of nitrogens with zero attached hydrogens (tertiary/aromatic N) is 2. The van der Waals surface area contributed by atoms with Crippen molar-refractivity contribution in [3.63, 3.8) is 0 Å². The number of carbonyl (C=O) groups excluding carboxylic acids is 1. The van der Waals surface area contributed by atoms with Crippen molar-refractivity contribution in [3.05, 3.63) is 45.5 Å². The molecule has 0 aliphatic carbocycles. The topological polar surface area (TPSA) is 101 Å². The molecule has 2 rings (SSSR count). The lowest BCUT2D eigenvalue weighted by molar-refractivity contribution is 0.0941. The Morgan fingerprint density at radius 2 is 2.22 bits per heavy atom. The highest BCUT2D eigenvalue weighted by molar-refractivity contribution is 5.91. The molecule has 0 fully saturated rings. The number of oxazole rings is 1. The number of aryl methyl sites for hydroxylation is 2. The molecule has 2 heterocycles. The van der Waals surface area contributed by atoms with Crippen LogP contribution in [-0.4, -0.2) is 21.1 Å². The second-order valence-electron chi connectivity index (χ2n) is 3.73. The third-order valence-electron chi connectivity index (χ3n) is 2.32. The number of aromatic nitrogens is 3. The quantitative estimate of drug-likeness (QED) is 0.813. The normalized spacial score (nSPS) is 10.3. The van der Waals surface area contributed by atoms with Gasteiger partial charge in [-0.15, -0.1) is 0 Å². The Morgan fingerprint density at radius 1 is 1.44 bits per heavy atom. The molecule has 0 unspecified atom stereocenters. The van der Waals surface area contributed by atoms with Crippen LogP contribution in [0.25, 0.3) is 0 Å². The summed E-state index contributed by atoms with van der Waals surface area (Å²) in [5, 5.41) is 8.45. The predicted octanol–water partition coefficient (Wildman–Crippen LogP) is 0.305. The average molecular weight is 248 g/mol. The van der Waals surface area contributed by atoms with E-state index in [9.17, 15) is 9.59 Å². The van der Waals surface area contributed by atoms with Crippen molar-refractivity contribution in [2.45, 2.75) is 20.4 Å². The standard InChI is InChI=1S/C11H12N4O3/c1-6-9(18-7(2)13-6)5-12-11(17)8-3-4-10(16)15-14-8/h3-4H,5H2,1-2H3,(H,12,17)(H,15,16). The molecule has 0 aromatic carbocycles. The van der Waals surface area contributed by atoms with Crippen LogP contribution in [0.5, 0.6) is 0 Å². The molecule has 2 aromatic rings. The van der Waals surface area contributed by atoms with Gasteiger partial charge in [-0.3, -0.25) is 9.59 Å². The van der Waals surface area contributed by atoms with E-state index >= 15 is 0 Å². The summed E-state index contributed by atoms with van der Waals surface area (Å²) in [6.07, 6.45) is 0. The van der Waals surface area contributed by atoms with Gasteiger partial charge in [-0.2, -0.15) is 5.10 Å². The number of hydrogen-bond donors (Lipinski definition) is 2. The van der Waals surface area contributed by atoms with Crippen LogP contribution < -0.4 is 10.9 Å². The van der Waals surface area contributed by atoms with Crippen LogP contribution in [0.15, 0.2) is 21.3 Å². The highest BCUT2D eigenvalue weighted by Crippen LogP contribution is 2.08. The van der Waals surface area contributed by atoms with Crippen molar-refractivity contribution in [2.75, 3.05) is 0 Å². The maximum absolute atomic E-state index is 11.7. The summed E-state index contributed by atoms with van der Waals surface area (Å²) in [5.74, 6) is 0.767. The molecule has 2 N–H and O–H groups in total. The fraction of sp³-hybridized carbons (Fsp3) is 0.273. The first-order valence-corrected chi connectivity index (χ1v) is 5.33. The Balaban J connectivity index is 2.02. The molecule has 7 heteroatoms. The minimum absolute atomic E-state index is 0.142. The van der Waals surface area contributed by atoms with Gasteiger partial charge in [0, 0.05) is 13.0 Å². The highest BCUT2D eigenvalue weighted by atomic mass is 16.4. The molecule has 0 aliphatic heterocycles. The smallest absolute Gasteiger partial charge is 0.272 e. The van der Waals surface area contributed by atoms with Crippen molar-refractivity contribution in [2.24, 2.45) is 0 Å². The van der Waals surface area contributed by atoms with E-state index < -0.39 is 0 Å². The molecule has 18 heavy (non-hydrogen) atoms. The number of amides is 1. The van der Waals surface area contributed by atoms with Crippen molar-refractivity contribution < 1.29 is 9.21 Å². The van der Waals surface area contributed by atoms with Gasteiger partial charge in [0.1, 0.15) is 11.5 Å². The van der Waals surface area contributed by atoms with Gasteiger partial charge >= 0.3 is 0 Å². The monoisotopic (exact) mass is 248 g/mol. The molecule has 0 saturated heterocycles. The van der Waals surface area contributed by atoms with Gasteiger partial charge in [-0.25, -0.2) is 10.1 Å². The van der Waals surface area contributed by atoms with Crippen molar-refractivity contribution in [1.29, 1.82) is 0 Å². The Hall–Kier alpha value is -2.44. The lowest BCUT2D eigenvalue weighted by Gasteiger charge is -2.02. The van der Waals surface area contributed by atoms with Crippen LogP contribution in [0, 0.1) is 13.8 Å². The Morgan fingerprint density at radius 3 is 2.78 bits per heavy atom. The van der Waals surface area contributed by atoms with E-state index in [2.05, 4.69) is 20.5 Å². The molecule has 0 radical (unpaired) electrons. The molecule has 0 atom stereocenters. The van der Waals surface area contributed by atoms with E-state index in [1.54, 1.807) is 13.8 Å². The van der Waals surface area contributed by atoms with Crippen LogP contribution in [0.1, 0.15) is 27.8 Å². The SMILES string of the molecule is Cc1nc(C)c(CNC(=O)c2ccc(=O)[nH]n2)o1. The molecular formula is C11H12N4O3. The lowest BCUT2D eigenvalue weighted by atomic mass is 10.3. The minimum atomic E-state index is -0.389. The van der Waals surface area contributed by atoms with Gasteiger partial charge in [0.25, 0.3) is 11.5 Å². The number of nitrogens with one attached hydrogen (secondary N) is 2. The highest BCUT2D eigenvalue weighted by Gasteiger charge is 2.10. The zero-order valence-corrected chi connectivity index (χ0v) is 9.98. The van der Waals surface area contributed by atoms with Crippen LogP contribution in [0.2, 0.25) is 0 Å². The third-order valence-corrected chi connectivity index (χ3v) is 2.32. The van der Waals surface area contributed by atoms with Gasteiger partial charge in [-0.05, 0) is 13.0 Å². The van der Waals surface area contributed by atoms with E-state index in [1.807, 2.05) is 0 Å². The maximum Gasteiger partial charge on any atom is 0.272 e. The number of carbonyl (C=O) groups is 1. The van der Waals surface area contributed by atoms with Crippen molar-refractivity contribution >= 4 is 5.91 Å². The van der Waals surface area contributed by atoms with E-state index in [0.29, 0.717) is 11.7 Å². The van der Waals surface area contributed by atoms with Gasteiger partial charge in [0.15, 0.2) is 5.89 Å². The third kappa shape index (κ3) is 2.62. The van der Waals surface area contributed by atoms with E-state index in [0.717, 1.165) is 5.69 Å². The maximum atomic E-state index is 11.7. The molecule has 0 spiro atoms. The van der Waals surface area contributed by atoms with Gasteiger partial charge < -0.3 is 9.73 Å². The molecule has 7 nitrogen and oxygen atoms in total. The van der Waals surface area contributed by atoms with Gasteiger partial charge in [-0.1, -0.05) is 0 Å². The molecule has 1 amide bonds. The summed E-state index contributed by atoms with van der Waals surface area (Å²) in [4.78, 5) is 26.6. The lowest BCUT2D eigenvalue weighted by Crippen LogP contribution is -2.25. The minimum Gasteiger partial charge on any atom is -0.444 e. The second kappa shape index (κ2) is 4.82. The molecule has 0 aliphatic rings. The first-order valence-electron chi connectivity index (χ1n) is 5.33. The zero-order chi connectivity index (χ0) is 13.1. The summed E-state index contributed by atoms with van der Waals surface area (Å²) in [6, 6.07) is 2.60. The van der Waals surface area contributed by atoms with Crippen molar-refractivity contribution in [1.82, 2.24) is 20.5 Å². The Labute approximate surface area is 102 Å². The summed E-state index contributed by atoms with van der Waals surface area (Å²) >= 11 is 0. The fourth-order valence-corrected chi connectivity index (χ4v) is 1.46. The molecule has 2 aromatic heterocycles. The second-order valence-corrected chi connectivity index (χ2v) is 3.73. The molecule has 94 valence electrons. The molecular weight excluding hydrogens is 236 g/mol. The van der Waals surface area contributed by atoms with Crippen LogP contribution in [-0.2, 0) is 6.54 Å².